The van der Waals surface area contributed by atoms with E-state index in [9.17, 15) is 4.79 Å². The van der Waals surface area contributed by atoms with Crippen LogP contribution in [0.25, 0.3) is 4.96 Å². The molecule has 3 nitrogen and oxygen atoms in total. The molecule has 0 aliphatic rings. The number of hydrogen-bond donors (Lipinski definition) is 0. The molecule has 0 bridgehead atoms. The molecule has 0 aliphatic heterocycles. The minimum absolute atomic E-state index is 0.120. The molecule has 15 heavy (non-hydrogen) atoms. The molecule has 2 aromatic rings. The van der Waals surface area contributed by atoms with Gasteiger partial charge in [0.2, 0.25) is 0 Å². The number of carbonyl (C=O) groups excluding carboxylic acids is 1. The van der Waals surface area contributed by atoms with Crippen LogP contribution in [0, 0.1) is 5.92 Å². The smallest absolute Gasteiger partial charge is 0.193 e. The number of rotatable bonds is 4. The Morgan fingerprint density at radius 3 is 3.07 bits per heavy atom. The highest BCUT2D eigenvalue weighted by atomic mass is 32.1. The van der Waals surface area contributed by atoms with E-state index in [2.05, 4.69) is 4.98 Å². The van der Waals surface area contributed by atoms with E-state index in [-0.39, 0.29) is 11.7 Å². The third-order valence-electron chi connectivity index (χ3n) is 2.67. The molecule has 0 amide bonds. The number of fused-ring (bicyclic) bond motifs is 1. The molecule has 0 aliphatic carbocycles. The molecule has 2 heterocycles. The number of carbonyl (C=O) groups is 1. The van der Waals surface area contributed by atoms with E-state index >= 15 is 0 Å². The van der Waals surface area contributed by atoms with Crippen molar-refractivity contribution in [1.29, 1.82) is 0 Å². The fourth-order valence-electron chi connectivity index (χ4n) is 1.70. The first kappa shape index (κ1) is 10.4. The second-order valence-corrected chi connectivity index (χ2v) is 4.62. The van der Waals surface area contributed by atoms with Crippen LogP contribution in [-0.2, 0) is 11.2 Å². The van der Waals surface area contributed by atoms with Gasteiger partial charge in [0.05, 0.1) is 5.69 Å². The summed E-state index contributed by atoms with van der Waals surface area (Å²) in [7, 11) is 0. The number of aromatic nitrogens is 2. The molecule has 0 aromatic carbocycles. The molecule has 0 N–H and O–H groups in total. The second kappa shape index (κ2) is 4.14. The molecule has 2 rings (SSSR count). The van der Waals surface area contributed by atoms with Gasteiger partial charge in [-0.15, -0.1) is 11.3 Å². The van der Waals surface area contributed by atoms with Crippen molar-refractivity contribution in [3.05, 3.63) is 23.5 Å². The first-order valence-corrected chi connectivity index (χ1v) is 6.00. The fourth-order valence-corrected chi connectivity index (χ4v) is 2.42. The molecule has 4 heteroatoms. The van der Waals surface area contributed by atoms with Gasteiger partial charge in [-0.3, -0.25) is 9.20 Å². The zero-order valence-corrected chi connectivity index (χ0v) is 9.75. The number of imidazole rings is 1. The maximum Gasteiger partial charge on any atom is 0.193 e. The standard InChI is InChI=1S/C11H14N2OS/c1-3-9(8(2)14)6-10-7-13-4-5-15-11(13)12-10/h4-5,7,9H,3,6H2,1-2H3. The van der Waals surface area contributed by atoms with Gasteiger partial charge in [0, 0.05) is 30.1 Å². The summed E-state index contributed by atoms with van der Waals surface area (Å²) in [6.07, 6.45) is 5.66. The lowest BCUT2D eigenvalue weighted by molar-refractivity contribution is -0.120. The number of nitrogens with zero attached hydrogens (tertiary/aromatic N) is 2. The van der Waals surface area contributed by atoms with Crippen molar-refractivity contribution >= 4 is 22.1 Å². The molecular weight excluding hydrogens is 208 g/mol. The lowest BCUT2D eigenvalue weighted by atomic mass is 9.97. The van der Waals surface area contributed by atoms with Crippen molar-refractivity contribution < 1.29 is 4.79 Å². The van der Waals surface area contributed by atoms with E-state index < -0.39 is 0 Å². The zero-order valence-electron chi connectivity index (χ0n) is 8.93. The van der Waals surface area contributed by atoms with Crippen LogP contribution in [0.15, 0.2) is 17.8 Å². The SMILES string of the molecule is CCC(Cc1cn2ccsc2n1)C(C)=O. The fraction of sp³-hybridized carbons (Fsp3) is 0.455. The number of Topliss-reactive ketones (excluding diaryl/α,β-unsaturated/α-hetero) is 1. The van der Waals surface area contributed by atoms with Gasteiger partial charge in [0.25, 0.3) is 0 Å². The Bertz CT molecular complexity index is 443. The minimum Gasteiger partial charge on any atom is -0.300 e. The van der Waals surface area contributed by atoms with Crippen LogP contribution in [0.3, 0.4) is 0 Å². The van der Waals surface area contributed by atoms with E-state index in [1.807, 2.05) is 29.1 Å². The number of hydrogen-bond acceptors (Lipinski definition) is 3. The molecule has 80 valence electrons. The minimum atomic E-state index is 0.120. The van der Waals surface area contributed by atoms with Crippen molar-refractivity contribution in [2.75, 3.05) is 0 Å². The van der Waals surface area contributed by atoms with E-state index in [0.717, 1.165) is 23.5 Å². The summed E-state index contributed by atoms with van der Waals surface area (Å²) in [5.41, 5.74) is 1.02. The maximum atomic E-state index is 11.3. The van der Waals surface area contributed by atoms with Crippen molar-refractivity contribution in [3.63, 3.8) is 0 Å². The lowest BCUT2D eigenvalue weighted by Gasteiger charge is -2.07. The summed E-state index contributed by atoms with van der Waals surface area (Å²) in [4.78, 5) is 16.8. The van der Waals surface area contributed by atoms with Gasteiger partial charge in [-0.05, 0) is 13.3 Å². The molecule has 0 saturated carbocycles. The number of ketones is 1. The van der Waals surface area contributed by atoms with Crippen LogP contribution < -0.4 is 0 Å². The average Bonchev–Trinajstić information content (AvgIpc) is 2.72. The molecule has 2 aromatic heterocycles. The van der Waals surface area contributed by atoms with Crippen molar-refractivity contribution in [2.45, 2.75) is 26.7 Å². The predicted octanol–water partition coefficient (Wildman–Crippen LogP) is 2.55. The van der Waals surface area contributed by atoms with Gasteiger partial charge in [0.1, 0.15) is 5.78 Å². The van der Waals surface area contributed by atoms with Gasteiger partial charge >= 0.3 is 0 Å². The Morgan fingerprint density at radius 2 is 2.47 bits per heavy atom. The van der Waals surface area contributed by atoms with E-state index in [1.54, 1.807) is 18.3 Å². The Kier molecular flexibility index (Phi) is 2.86. The molecule has 0 fully saturated rings. The highest BCUT2D eigenvalue weighted by molar-refractivity contribution is 7.15. The highest BCUT2D eigenvalue weighted by Gasteiger charge is 2.14. The molecule has 0 saturated heterocycles. The Morgan fingerprint density at radius 1 is 1.67 bits per heavy atom. The zero-order chi connectivity index (χ0) is 10.8. The normalized spacial score (nSPS) is 13.2. The van der Waals surface area contributed by atoms with Gasteiger partial charge in [0.15, 0.2) is 4.96 Å². The second-order valence-electron chi connectivity index (χ2n) is 3.75. The predicted molar refractivity (Wildman–Crippen MR) is 61.2 cm³/mol. The first-order valence-electron chi connectivity index (χ1n) is 5.12. The van der Waals surface area contributed by atoms with Crippen LogP contribution in [0.5, 0.6) is 0 Å². The van der Waals surface area contributed by atoms with Crippen LogP contribution in [0.1, 0.15) is 26.0 Å². The van der Waals surface area contributed by atoms with Crippen molar-refractivity contribution in [3.8, 4) is 0 Å². The third-order valence-corrected chi connectivity index (χ3v) is 3.44. The van der Waals surface area contributed by atoms with Gasteiger partial charge in [-0.1, -0.05) is 6.92 Å². The van der Waals surface area contributed by atoms with Crippen LogP contribution >= 0.6 is 11.3 Å². The van der Waals surface area contributed by atoms with Gasteiger partial charge in [-0.25, -0.2) is 4.98 Å². The van der Waals surface area contributed by atoms with Crippen molar-refractivity contribution in [2.24, 2.45) is 5.92 Å². The summed E-state index contributed by atoms with van der Waals surface area (Å²) >= 11 is 1.62. The van der Waals surface area contributed by atoms with Crippen LogP contribution in [0.4, 0.5) is 0 Å². The summed E-state index contributed by atoms with van der Waals surface area (Å²) in [5, 5.41) is 2.01. The molecule has 1 unspecified atom stereocenters. The first-order chi connectivity index (χ1) is 7.20. The summed E-state index contributed by atoms with van der Waals surface area (Å²) in [6.45, 7) is 3.71. The molecule has 0 radical (unpaired) electrons. The summed E-state index contributed by atoms with van der Waals surface area (Å²) in [6, 6.07) is 0. The average molecular weight is 222 g/mol. The summed E-state index contributed by atoms with van der Waals surface area (Å²) < 4.78 is 2.01. The van der Waals surface area contributed by atoms with E-state index in [4.69, 9.17) is 0 Å². The van der Waals surface area contributed by atoms with E-state index in [0.29, 0.717) is 0 Å². The van der Waals surface area contributed by atoms with Crippen molar-refractivity contribution in [1.82, 2.24) is 9.38 Å². The molecule has 1 atom stereocenters. The van der Waals surface area contributed by atoms with Gasteiger partial charge in [-0.2, -0.15) is 0 Å². The third kappa shape index (κ3) is 2.09. The highest BCUT2D eigenvalue weighted by Crippen LogP contribution is 2.16. The molecule has 0 spiro atoms. The van der Waals surface area contributed by atoms with Crippen LogP contribution in [0.2, 0.25) is 0 Å². The summed E-state index contributed by atoms with van der Waals surface area (Å²) in [5.74, 6) is 0.378. The maximum absolute atomic E-state index is 11.3. The van der Waals surface area contributed by atoms with Gasteiger partial charge < -0.3 is 0 Å². The van der Waals surface area contributed by atoms with E-state index in [1.165, 1.54) is 0 Å². The Balaban J connectivity index is 2.17. The quantitative estimate of drug-likeness (QED) is 0.796. The number of thiazole rings is 1. The Labute approximate surface area is 92.8 Å². The van der Waals surface area contributed by atoms with Crippen LogP contribution in [-0.4, -0.2) is 15.2 Å². The lowest BCUT2D eigenvalue weighted by Crippen LogP contribution is -2.12. The largest absolute Gasteiger partial charge is 0.300 e. The topological polar surface area (TPSA) is 34.4 Å². The molecular formula is C11H14N2OS. The monoisotopic (exact) mass is 222 g/mol. The Hall–Kier alpha value is -1.16.